The molecule has 0 radical (unpaired) electrons. The molecule has 29 heavy (non-hydrogen) atoms. The number of carbonyl (C=O) groups excluding carboxylic acids is 1. The van der Waals surface area contributed by atoms with E-state index in [1.54, 1.807) is 30.6 Å². The molecule has 1 N–H and O–H groups in total. The van der Waals surface area contributed by atoms with Crippen LogP contribution in [0.5, 0.6) is 0 Å². The number of rotatable bonds is 5. The van der Waals surface area contributed by atoms with Gasteiger partial charge < -0.3 is 9.80 Å². The number of nitrogens with zero attached hydrogens (tertiary/aromatic N) is 6. The van der Waals surface area contributed by atoms with Gasteiger partial charge in [-0.3, -0.25) is 9.78 Å². The highest BCUT2D eigenvalue weighted by Gasteiger charge is 2.41. The SMILES string of the molecule is CCC1C(=O)N(C)c2cnc(NN=Cc3ccc(C)cn3)nc2N1C1CCCC1. The summed E-state index contributed by atoms with van der Waals surface area (Å²) in [6.07, 6.45) is 10.5. The second-order valence-corrected chi connectivity index (χ2v) is 7.70. The van der Waals surface area contributed by atoms with Crippen molar-refractivity contribution in [1.29, 1.82) is 0 Å². The highest BCUT2D eigenvalue weighted by molar-refractivity contribution is 6.04. The number of likely N-dealkylation sites (N-methyl/N-ethyl adjacent to an activating group) is 1. The Labute approximate surface area is 171 Å². The molecule has 0 spiro atoms. The van der Waals surface area contributed by atoms with Crippen LogP contribution < -0.4 is 15.2 Å². The van der Waals surface area contributed by atoms with Crippen LogP contribution in [0.3, 0.4) is 0 Å². The maximum atomic E-state index is 12.9. The van der Waals surface area contributed by atoms with Crippen molar-refractivity contribution in [3.05, 3.63) is 35.8 Å². The Kier molecular flexibility index (Phi) is 5.42. The van der Waals surface area contributed by atoms with E-state index in [1.165, 1.54) is 12.8 Å². The fourth-order valence-corrected chi connectivity index (χ4v) is 4.15. The van der Waals surface area contributed by atoms with Crippen molar-refractivity contribution in [3.8, 4) is 0 Å². The number of pyridine rings is 1. The summed E-state index contributed by atoms with van der Waals surface area (Å²) in [6, 6.07) is 4.06. The predicted octanol–water partition coefficient (Wildman–Crippen LogP) is 3.13. The zero-order valence-electron chi connectivity index (χ0n) is 17.2. The molecule has 1 amide bonds. The molecule has 2 aromatic heterocycles. The van der Waals surface area contributed by atoms with Gasteiger partial charge in [-0.15, -0.1) is 0 Å². The van der Waals surface area contributed by atoms with E-state index in [2.05, 4.69) is 32.3 Å². The van der Waals surface area contributed by atoms with E-state index in [0.717, 1.165) is 42.0 Å². The Morgan fingerprint density at radius 2 is 2.03 bits per heavy atom. The van der Waals surface area contributed by atoms with Gasteiger partial charge in [0.05, 0.1) is 18.1 Å². The van der Waals surface area contributed by atoms with E-state index in [9.17, 15) is 4.79 Å². The maximum Gasteiger partial charge on any atom is 0.249 e. The summed E-state index contributed by atoms with van der Waals surface area (Å²) in [7, 11) is 1.80. The third kappa shape index (κ3) is 3.79. The molecule has 2 aromatic rings. The summed E-state index contributed by atoms with van der Waals surface area (Å²) in [4.78, 5) is 30.2. The third-order valence-corrected chi connectivity index (χ3v) is 5.71. The first-order valence-corrected chi connectivity index (χ1v) is 10.2. The summed E-state index contributed by atoms with van der Waals surface area (Å²) in [5.41, 5.74) is 5.51. The summed E-state index contributed by atoms with van der Waals surface area (Å²) in [5, 5.41) is 4.22. The smallest absolute Gasteiger partial charge is 0.249 e. The van der Waals surface area contributed by atoms with E-state index in [1.807, 2.05) is 19.1 Å². The molecule has 0 saturated heterocycles. The van der Waals surface area contributed by atoms with Gasteiger partial charge in [0.1, 0.15) is 11.7 Å². The van der Waals surface area contributed by atoms with Crippen molar-refractivity contribution < 1.29 is 4.79 Å². The van der Waals surface area contributed by atoms with Crippen molar-refractivity contribution in [2.24, 2.45) is 5.10 Å². The molecular formula is C21H27N7O. The Hall–Kier alpha value is -3.03. The first-order chi connectivity index (χ1) is 14.1. The van der Waals surface area contributed by atoms with Crippen LogP contribution in [-0.2, 0) is 4.79 Å². The van der Waals surface area contributed by atoms with Crippen molar-refractivity contribution in [2.75, 3.05) is 22.3 Å². The standard InChI is InChI=1S/C21H27N7O/c1-4-17-20(29)27(3)18-13-23-21(25-19(18)28(17)16-7-5-6-8-16)26-24-12-15-10-9-14(2)11-22-15/h9-13,16-17H,4-8H2,1-3H3,(H,23,25,26). The lowest BCUT2D eigenvalue weighted by Crippen LogP contribution is -2.55. The van der Waals surface area contributed by atoms with Crippen LogP contribution in [0, 0.1) is 6.92 Å². The van der Waals surface area contributed by atoms with Gasteiger partial charge >= 0.3 is 0 Å². The largest absolute Gasteiger partial charge is 0.340 e. The van der Waals surface area contributed by atoms with Crippen molar-refractivity contribution in [2.45, 2.75) is 58.0 Å². The molecule has 1 saturated carbocycles. The molecule has 1 unspecified atom stereocenters. The quantitative estimate of drug-likeness (QED) is 0.620. The number of hydrogen-bond acceptors (Lipinski definition) is 7. The predicted molar refractivity (Wildman–Crippen MR) is 114 cm³/mol. The number of aryl methyl sites for hydroxylation is 1. The van der Waals surface area contributed by atoms with Crippen molar-refractivity contribution in [3.63, 3.8) is 0 Å². The zero-order valence-corrected chi connectivity index (χ0v) is 17.2. The average Bonchev–Trinajstić information content (AvgIpc) is 3.26. The van der Waals surface area contributed by atoms with Crippen LogP contribution in [-0.4, -0.2) is 46.2 Å². The molecule has 8 heteroatoms. The second kappa shape index (κ2) is 8.14. The molecule has 1 atom stereocenters. The minimum absolute atomic E-state index is 0.111. The topological polar surface area (TPSA) is 86.6 Å². The van der Waals surface area contributed by atoms with Crippen LogP contribution in [0.25, 0.3) is 0 Å². The van der Waals surface area contributed by atoms with E-state index >= 15 is 0 Å². The Morgan fingerprint density at radius 3 is 2.72 bits per heavy atom. The molecule has 0 aromatic carbocycles. The minimum Gasteiger partial charge on any atom is -0.340 e. The van der Waals surface area contributed by atoms with Crippen LogP contribution in [0.1, 0.15) is 50.3 Å². The van der Waals surface area contributed by atoms with Gasteiger partial charge in [0.15, 0.2) is 5.82 Å². The number of aromatic nitrogens is 3. The molecule has 3 heterocycles. The maximum absolute atomic E-state index is 12.9. The number of nitrogens with one attached hydrogen (secondary N) is 1. The van der Waals surface area contributed by atoms with Crippen LogP contribution >= 0.6 is 0 Å². The first-order valence-electron chi connectivity index (χ1n) is 10.2. The Morgan fingerprint density at radius 1 is 1.24 bits per heavy atom. The highest BCUT2D eigenvalue weighted by Crippen LogP contribution is 2.39. The molecule has 0 bridgehead atoms. The number of hydrazone groups is 1. The minimum atomic E-state index is -0.182. The van der Waals surface area contributed by atoms with Crippen LogP contribution in [0.4, 0.5) is 17.5 Å². The van der Waals surface area contributed by atoms with Gasteiger partial charge in [-0.05, 0) is 37.8 Å². The van der Waals surface area contributed by atoms with Gasteiger partial charge in [-0.1, -0.05) is 25.8 Å². The van der Waals surface area contributed by atoms with Crippen LogP contribution in [0.15, 0.2) is 29.6 Å². The van der Waals surface area contributed by atoms with Gasteiger partial charge in [-0.25, -0.2) is 10.4 Å². The summed E-state index contributed by atoms with van der Waals surface area (Å²) in [6.45, 7) is 4.05. The Bertz CT molecular complexity index is 906. The third-order valence-electron chi connectivity index (χ3n) is 5.71. The molecule has 8 nitrogen and oxygen atoms in total. The molecule has 1 aliphatic carbocycles. The Balaban J connectivity index is 1.61. The van der Waals surface area contributed by atoms with E-state index < -0.39 is 0 Å². The summed E-state index contributed by atoms with van der Waals surface area (Å²) < 4.78 is 0. The lowest BCUT2D eigenvalue weighted by atomic mass is 10.0. The summed E-state index contributed by atoms with van der Waals surface area (Å²) >= 11 is 0. The number of carbonyl (C=O) groups is 1. The lowest BCUT2D eigenvalue weighted by molar-refractivity contribution is -0.120. The average molecular weight is 393 g/mol. The van der Waals surface area contributed by atoms with E-state index in [4.69, 9.17) is 4.98 Å². The van der Waals surface area contributed by atoms with Crippen LogP contribution in [0.2, 0.25) is 0 Å². The van der Waals surface area contributed by atoms with E-state index in [0.29, 0.717) is 12.0 Å². The molecule has 1 aliphatic heterocycles. The monoisotopic (exact) mass is 393 g/mol. The van der Waals surface area contributed by atoms with Gasteiger partial charge in [0.25, 0.3) is 0 Å². The van der Waals surface area contributed by atoms with Crippen molar-refractivity contribution >= 4 is 29.6 Å². The molecule has 152 valence electrons. The normalized spacial score (nSPS) is 19.8. The molecular weight excluding hydrogens is 366 g/mol. The van der Waals surface area contributed by atoms with E-state index in [-0.39, 0.29) is 11.9 Å². The number of anilines is 3. The van der Waals surface area contributed by atoms with Crippen molar-refractivity contribution in [1.82, 2.24) is 15.0 Å². The number of amides is 1. The first kappa shape index (κ1) is 19.3. The van der Waals surface area contributed by atoms with Gasteiger partial charge in [0, 0.05) is 19.3 Å². The van der Waals surface area contributed by atoms with Gasteiger partial charge in [0.2, 0.25) is 11.9 Å². The van der Waals surface area contributed by atoms with Gasteiger partial charge in [-0.2, -0.15) is 10.1 Å². The zero-order chi connectivity index (χ0) is 20.4. The second-order valence-electron chi connectivity index (χ2n) is 7.70. The fourth-order valence-electron chi connectivity index (χ4n) is 4.15. The fraction of sp³-hybridized carbons (Fsp3) is 0.476. The number of fused-ring (bicyclic) bond motifs is 1. The number of hydrogen-bond donors (Lipinski definition) is 1. The summed E-state index contributed by atoms with van der Waals surface area (Å²) in [5.74, 6) is 1.33. The molecule has 4 rings (SSSR count). The molecule has 2 aliphatic rings. The lowest BCUT2D eigenvalue weighted by Gasteiger charge is -2.43. The molecule has 1 fully saturated rings. The highest BCUT2D eigenvalue weighted by atomic mass is 16.2.